The van der Waals surface area contributed by atoms with Crippen molar-refractivity contribution >= 4 is 27.8 Å². The first-order valence-corrected chi connectivity index (χ1v) is 12.2. The van der Waals surface area contributed by atoms with Gasteiger partial charge < -0.3 is 10.3 Å². The van der Waals surface area contributed by atoms with Crippen molar-refractivity contribution < 1.29 is 9.18 Å². The van der Waals surface area contributed by atoms with E-state index in [0.717, 1.165) is 53.4 Å². The van der Waals surface area contributed by atoms with Crippen LogP contribution in [0.1, 0.15) is 86.1 Å². The Hall–Kier alpha value is -3.28. The molecule has 1 fully saturated rings. The quantitative estimate of drug-likeness (QED) is 0.372. The molecule has 0 bridgehead atoms. The van der Waals surface area contributed by atoms with Crippen LogP contribution in [0.3, 0.4) is 0 Å². The van der Waals surface area contributed by atoms with E-state index in [9.17, 15) is 9.18 Å². The van der Waals surface area contributed by atoms with Crippen LogP contribution in [-0.2, 0) is 0 Å². The Balaban J connectivity index is 1.40. The first-order valence-electron chi connectivity index (χ1n) is 12.2. The van der Waals surface area contributed by atoms with E-state index in [1.54, 1.807) is 18.2 Å². The third-order valence-electron chi connectivity index (χ3n) is 7.58. The molecule has 5 nitrogen and oxygen atoms in total. The number of halogens is 1. The van der Waals surface area contributed by atoms with E-state index in [-0.39, 0.29) is 11.9 Å². The number of carbonyl (C=O) groups is 1. The van der Waals surface area contributed by atoms with Crippen molar-refractivity contribution in [3.05, 3.63) is 71.4 Å². The Labute approximate surface area is 199 Å². The third kappa shape index (κ3) is 3.95. The molecule has 2 aromatic heterocycles. The highest BCUT2D eigenvalue weighted by molar-refractivity contribution is 5.96. The summed E-state index contributed by atoms with van der Waals surface area (Å²) in [7, 11) is 0. The Kier molecular flexibility index (Phi) is 5.84. The number of pyridine rings is 1. The van der Waals surface area contributed by atoms with Crippen molar-refractivity contribution in [2.75, 3.05) is 0 Å². The molecule has 176 valence electrons. The van der Waals surface area contributed by atoms with Gasteiger partial charge in [-0.25, -0.2) is 9.37 Å². The molecule has 1 aliphatic rings. The predicted molar refractivity (Wildman–Crippen MR) is 133 cm³/mol. The van der Waals surface area contributed by atoms with E-state index in [1.165, 1.54) is 11.6 Å². The van der Waals surface area contributed by atoms with Crippen LogP contribution in [0.2, 0.25) is 0 Å². The molecular weight excluding hydrogens is 427 g/mol. The molecule has 1 saturated carbocycles. The molecular formula is C28H31FN4O. The Morgan fingerprint density at radius 2 is 1.76 bits per heavy atom. The SMILES string of the molecule is CC(C)n1c([C@H](C)C2CCC(c3ccnc4ccc(F)cc34)CC2)nc2ccc(C(N)=O)cc21. The Morgan fingerprint density at radius 1 is 1.03 bits per heavy atom. The summed E-state index contributed by atoms with van der Waals surface area (Å²) in [5.41, 5.74) is 9.97. The van der Waals surface area contributed by atoms with Crippen molar-refractivity contribution in [1.29, 1.82) is 0 Å². The van der Waals surface area contributed by atoms with Crippen molar-refractivity contribution in [3.8, 4) is 0 Å². The molecule has 6 heteroatoms. The summed E-state index contributed by atoms with van der Waals surface area (Å²) in [6.07, 6.45) is 6.17. The van der Waals surface area contributed by atoms with Gasteiger partial charge in [0.2, 0.25) is 5.91 Å². The molecule has 1 aliphatic carbocycles. The Bertz CT molecular complexity index is 1370. The first kappa shape index (κ1) is 22.5. The second-order valence-corrected chi connectivity index (χ2v) is 9.96. The van der Waals surface area contributed by atoms with Crippen molar-refractivity contribution in [2.45, 2.75) is 64.3 Å². The molecule has 5 rings (SSSR count). The normalized spacial score (nSPS) is 19.7. The molecule has 2 heterocycles. The fraction of sp³-hybridized carbons (Fsp3) is 0.393. The van der Waals surface area contributed by atoms with Gasteiger partial charge in [0.05, 0.1) is 16.6 Å². The number of aromatic nitrogens is 3. The number of amides is 1. The number of imidazole rings is 1. The van der Waals surface area contributed by atoms with Crippen LogP contribution >= 0.6 is 0 Å². The van der Waals surface area contributed by atoms with Crippen molar-refractivity contribution in [3.63, 3.8) is 0 Å². The number of hydrogen-bond acceptors (Lipinski definition) is 3. The summed E-state index contributed by atoms with van der Waals surface area (Å²) in [5, 5.41) is 0.936. The van der Waals surface area contributed by atoms with E-state index in [0.29, 0.717) is 23.3 Å². The minimum Gasteiger partial charge on any atom is -0.366 e. The number of nitrogens with zero attached hydrogens (tertiary/aromatic N) is 3. The fourth-order valence-corrected chi connectivity index (χ4v) is 5.77. The zero-order valence-corrected chi connectivity index (χ0v) is 20.0. The van der Waals surface area contributed by atoms with E-state index < -0.39 is 5.91 Å². The van der Waals surface area contributed by atoms with Gasteiger partial charge in [0.15, 0.2) is 0 Å². The van der Waals surface area contributed by atoms with E-state index in [4.69, 9.17) is 10.7 Å². The number of fused-ring (bicyclic) bond motifs is 2. The summed E-state index contributed by atoms with van der Waals surface area (Å²) < 4.78 is 16.2. The van der Waals surface area contributed by atoms with E-state index in [1.807, 2.05) is 18.3 Å². The highest BCUT2D eigenvalue weighted by Crippen LogP contribution is 2.43. The maximum Gasteiger partial charge on any atom is 0.248 e. The predicted octanol–water partition coefficient (Wildman–Crippen LogP) is 6.48. The lowest BCUT2D eigenvalue weighted by atomic mass is 9.73. The van der Waals surface area contributed by atoms with Crippen LogP contribution in [0.15, 0.2) is 48.7 Å². The van der Waals surface area contributed by atoms with Crippen LogP contribution in [0.25, 0.3) is 21.9 Å². The van der Waals surface area contributed by atoms with Crippen LogP contribution in [-0.4, -0.2) is 20.4 Å². The van der Waals surface area contributed by atoms with Gasteiger partial charge in [-0.05, 0) is 99.4 Å². The summed E-state index contributed by atoms with van der Waals surface area (Å²) in [6.45, 7) is 6.58. The zero-order chi connectivity index (χ0) is 24.0. The second kappa shape index (κ2) is 8.82. The highest BCUT2D eigenvalue weighted by Gasteiger charge is 2.31. The molecule has 0 spiro atoms. The van der Waals surface area contributed by atoms with Crippen molar-refractivity contribution in [2.24, 2.45) is 11.7 Å². The summed E-state index contributed by atoms with van der Waals surface area (Å²) in [4.78, 5) is 21.1. The van der Waals surface area contributed by atoms with Crippen LogP contribution < -0.4 is 5.73 Å². The monoisotopic (exact) mass is 458 g/mol. The minimum atomic E-state index is -0.421. The number of rotatable bonds is 5. The van der Waals surface area contributed by atoms with Crippen molar-refractivity contribution in [1.82, 2.24) is 14.5 Å². The van der Waals surface area contributed by atoms with Gasteiger partial charge in [-0.1, -0.05) is 6.92 Å². The smallest absolute Gasteiger partial charge is 0.248 e. The standard InChI is InChI=1S/C28H31FN4O/c1-16(2)33-26-14-20(27(30)34)8-10-25(26)32-28(33)17(3)18-4-6-19(7-5-18)22-12-13-31-24-11-9-21(29)15-23(22)24/h8-19H,4-7H2,1-3H3,(H2,30,34)/t17-,18?,19?/m1/s1. The number of hydrogen-bond donors (Lipinski definition) is 1. The Morgan fingerprint density at radius 3 is 2.47 bits per heavy atom. The molecule has 0 unspecified atom stereocenters. The number of primary amides is 1. The molecule has 1 atom stereocenters. The zero-order valence-electron chi connectivity index (χ0n) is 20.0. The van der Waals surface area contributed by atoms with Gasteiger partial charge in [-0.15, -0.1) is 0 Å². The maximum absolute atomic E-state index is 13.9. The number of nitrogens with two attached hydrogens (primary N) is 1. The summed E-state index contributed by atoms with van der Waals surface area (Å²) in [5.74, 6) is 1.67. The number of carbonyl (C=O) groups excluding carboxylic acids is 1. The van der Waals surface area contributed by atoms with Gasteiger partial charge in [-0.3, -0.25) is 9.78 Å². The van der Waals surface area contributed by atoms with Crippen LogP contribution in [0.4, 0.5) is 4.39 Å². The van der Waals surface area contributed by atoms with Gasteiger partial charge in [0.25, 0.3) is 0 Å². The maximum atomic E-state index is 13.9. The molecule has 0 aliphatic heterocycles. The van der Waals surface area contributed by atoms with Gasteiger partial charge in [0, 0.05) is 29.1 Å². The van der Waals surface area contributed by atoms with Crippen LogP contribution in [0.5, 0.6) is 0 Å². The van der Waals surface area contributed by atoms with E-state index in [2.05, 4.69) is 36.4 Å². The largest absolute Gasteiger partial charge is 0.366 e. The molecule has 4 aromatic rings. The summed E-state index contributed by atoms with van der Waals surface area (Å²) in [6, 6.07) is 12.7. The van der Waals surface area contributed by atoms with Gasteiger partial charge in [-0.2, -0.15) is 0 Å². The lowest BCUT2D eigenvalue weighted by molar-refractivity contribution is 0.100. The topological polar surface area (TPSA) is 73.8 Å². The average molecular weight is 459 g/mol. The minimum absolute atomic E-state index is 0.212. The molecule has 2 N–H and O–H groups in total. The van der Waals surface area contributed by atoms with Crippen LogP contribution in [0, 0.1) is 11.7 Å². The average Bonchev–Trinajstić information content (AvgIpc) is 3.22. The molecule has 0 radical (unpaired) electrons. The molecule has 34 heavy (non-hydrogen) atoms. The highest BCUT2D eigenvalue weighted by atomic mass is 19.1. The van der Waals surface area contributed by atoms with E-state index >= 15 is 0 Å². The third-order valence-corrected chi connectivity index (χ3v) is 7.58. The fourth-order valence-electron chi connectivity index (χ4n) is 5.77. The van der Waals surface area contributed by atoms with Gasteiger partial charge >= 0.3 is 0 Å². The molecule has 0 saturated heterocycles. The molecule has 2 aromatic carbocycles. The molecule has 1 amide bonds. The number of benzene rings is 2. The lowest BCUT2D eigenvalue weighted by Crippen LogP contribution is -2.21. The second-order valence-electron chi connectivity index (χ2n) is 9.96. The first-order chi connectivity index (χ1) is 16.3. The summed E-state index contributed by atoms with van der Waals surface area (Å²) >= 11 is 0. The lowest BCUT2D eigenvalue weighted by Gasteiger charge is -2.33. The van der Waals surface area contributed by atoms with Gasteiger partial charge in [0.1, 0.15) is 11.6 Å².